The number of carbonyl (C=O) groups is 2. The number of thiophene rings is 1. The van der Waals surface area contributed by atoms with E-state index in [9.17, 15) is 18.4 Å². The van der Waals surface area contributed by atoms with Crippen molar-refractivity contribution >= 4 is 23.2 Å². The zero-order valence-electron chi connectivity index (χ0n) is 13.5. The summed E-state index contributed by atoms with van der Waals surface area (Å²) in [6, 6.07) is 6.63. The highest BCUT2D eigenvalue weighted by molar-refractivity contribution is 7.10. The molecule has 0 bridgehead atoms. The molecule has 4 nitrogen and oxygen atoms in total. The summed E-state index contributed by atoms with van der Waals surface area (Å²) >= 11 is 1.56. The van der Waals surface area contributed by atoms with Gasteiger partial charge in [-0.2, -0.15) is 0 Å². The highest BCUT2D eigenvalue weighted by Gasteiger charge is 2.25. The largest absolute Gasteiger partial charge is 0.349 e. The third-order valence-electron chi connectivity index (χ3n) is 4.26. The van der Waals surface area contributed by atoms with Gasteiger partial charge in [0.05, 0.1) is 12.0 Å². The number of benzene rings is 1. The van der Waals surface area contributed by atoms with E-state index >= 15 is 0 Å². The van der Waals surface area contributed by atoms with Gasteiger partial charge in [0.15, 0.2) is 0 Å². The Morgan fingerprint density at radius 3 is 2.60 bits per heavy atom. The molecule has 0 unspecified atom stereocenters. The lowest BCUT2D eigenvalue weighted by atomic mass is 10.0. The van der Waals surface area contributed by atoms with Gasteiger partial charge in [0.1, 0.15) is 11.6 Å². The van der Waals surface area contributed by atoms with E-state index in [1.54, 1.807) is 16.2 Å². The molecule has 1 aliphatic rings. The molecule has 1 aromatic carbocycles. The molecule has 2 amide bonds. The highest BCUT2D eigenvalue weighted by atomic mass is 32.1. The van der Waals surface area contributed by atoms with E-state index in [1.807, 2.05) is 17.5 Å². The summed E-state index contributed by atoms with van der Waals surface area (Å²) in [7, 11) is 0. The zero-order valence-corrected chi connectivity index (χ0v) is 14.3. The van der Waals surface area contributed by atoms with Crippen LogP contribution >= 0.6 is 11.3 Å². The highest BCUT2D eigenvalue weighted by Crippen LogP contribution is 2.16. The van der Waals surface area contributed by atoms with E-state index < -0.39 is 17.5 Å². The third-order valence-corrected chi connectivity index (χ3v) is 5.14. The van der Waals surface area contributed by atoms with Gasteiger partial charge in [-0.15, -0.1) is 11.3 Å². The van der Waals surface area contributed by atoms with E-state index in [4.69, 9.17) is 0 Å². The standard InChI is InChI=1S/C18H18F2N2O2S/c19-12-3-4-15(16(20)10-12)18(24)21-13-5-7-22(8-6-13)17(23)11-14-2-1-9-25-14/h1-4,9-10,13H,5-8,11H2,(H,21,24). The number of piperidine rings is 1. The Morgan fingerprint density at radius 1 is 1.20 bits per heavy atom. The van der Waals surface area contributed by atoms with Crippen molar-refractivity contribution in [3.05, 3.63) is 57.8 Å². The van der Waals surface area contributed by atoms with Crippen LogP contribution in [0.25, 0.3) is 0 Å². The van der Waals surface area contributed by atoms with E-state index in [0.717, 1.165) is 17.0 Å². The number of hydrogen-bond acceptors (Lipinski definition) is 3. The van der Waals surface area contributed by atoms with Gasteiger partial charge < -0.3 is 10.2 Å². The molecule has 7 heteroatoms. The molecule has 1 N–H and O–H groups in total. The average Bonchev–Trinajstić information content (AvgIpc) is 3.08. The first-order valence-corrected chi connectivity index (χ1v) is 8.97. The number of carbonyl (C=O) groups excluding carboxylic acids is 2. The molecule has 132 valence electrons. The second kappa shape index (κ2) is 7.74. The van der Waals surface area contributed by atoms with Crippen molar-refractivity contribution in [3.63, 3.8) is 0 Å². The van der Waals surface area contributed by atoms with Gasteiger partial charge in [0, 0.05) is 30.1 Å². The van der Waals surface area contributed by atoms with Gasteiger partial charge in [-0.1, -0.05) is 6.07 Å². The van der Waals surface area contributed by atoms with Crippen LogP contribution in [0.15, 0.2) is 35.7 Å². The quantitative estimate of drug-likeness (QED) is 0.907. The number of rotatable bonds is 4. The molecule has 0 atom stereocenters. The van der Waals surface area contributed by atoms with Crippen molar-refractivity contribution in [2.45, 2.75) is 25.3 Å². The minimum absolute atomic E-state index is 0.0804. The minimum Gasteiger partial charge on any atom is -0.349 e. The van der Waals surface area contributed by atoms with Crippen LogP contribution in [0.1, 0.15) is 28.1 Å². The number of halogens is 2. The van der Waals surface area contributed by atoms with Crippen molar-refractivity contribution in [3.8, 4) is 0 Å². The lowest BCUT2D eigenvalue weighted by Crippen LogP contribution is -2.47. The maximum atomic E-state index is 13.7. The smallest absolute Gasteiger partial charge is 0.254 e. The first-order valence-electron chi connectivity index (χ1n) is 8.09. The van der Waals surface area contributed by atoms with Crippen molar-refractivity contribution < 1.29 is 18.4 Å². The Bertz CT molecular complexity index is 756. The Labute approximate surface area is 148 Å². The van der Waals surface area contributed by atoms with Crippen LogP contribution in [-0.2, 0) is 11.2 Å². The molecule has 1 aromatic heterocycles. The summed E-state index contributed by atoms with van der Waals surface area (Å²) in [6.45, 7) is 1.11. The maximum Gasteiger partial charge on any atom is 0.254 e. The van der Waals surface area contributed by atoms with Crippen molar-refractivity contribution in [2.75, 3.05) is 13.1 Å². The van der Waals surface area contributed by atoms with Gasteiger partial charge in [-0.3, -0.25) is 9.59 Å². The normalized spacial score (nSPS) is 15.2. The molecule has 1 saturated heterocycles. The Morgan fingerprint density at radius 2 is 1.96 bits per heavy atom. The van der Waals surface area contributed by atoms with Crippen LogP contribution < -0.4 is 5.32 Å². The van der Waals surface area contributed by atoms with Gasteiger partial charge in [0.2, 0.25) is 5.91 Å². The third kappa shape index (κ3) is 4.42. The van der Waals surface area contributed by atoms with Crippen LogP contribution in [0.4, 0.5) is 8.78 Å². The maximum absolute atomic E-state index is 13.7. The monoisotopic (exact) mass is 364 g/mol. The number of likely N-dealkylation sites (tertiary alicyclic amines) is 1. The predicted molar refractivity (Wildman–Crippen MR) is 91.4 cm³/mol. The molecule has 0 spiro atoms. The Kier molecular flexibility index (Phi) is 5.43. The predicted octanol–water partition coefficient (Wildman–Crippen LogP) is 2.99. The summed E-state index contributed by atoms with van der Waals surface area (Å²) in [5.41, 5.74) is -0.169. The SMILES string of the molecule is O=C(NC1CCN(C(=O)Cc2cccs2)CC1)c1ccc(F)cc1F. The molecule has 0 radical (unpaired) electrons. The van der Waals surface area contributed by atoms with Gasteiger partial charge in [0.25, 0.3) is 5.91 Å². The first kappa shape index (κ1) is 17.5. The van der Waals surface area contributed by atoms with E-state index in [0.29, 0.717) is 38.4 Å². The zero-order chi connectivity index (χ0) is 17.8. The van der Waals surface area contributed by atoms with Crippen LogP contribution in [0.3, 0.4) is 0 Å². The van der Waals surface area contributed by atoms with Crippen LogP contribution in [0.5, 0.6) is 0 Å². The molecular formula is C18H18F2N2O2S. The van der Waals surface area contributed by atoms with Crippen molar-refractivity contribution in [1.29, 1.82) is 0 Å². The van der Waals surface area contributed by atoms with Gasteiger partial charge >= 0.3 is 0 Å². The van der Waals surface area contributed by atoms with Crippen LogP contribution in [-0.4, -0.2) is 35.8 Å². The molecular weight excluding hydrogens is 346 g/mol. The molecule has 2 aromatic rings. The molecule has 2 heterocycles. The topological polar surface area (TPSA) is 49.4 Å². The van der Waals surface area contributed by atoms with E-state index in [-0.39, 0.29) is 17.5 Å². The molecule has 0 saturated carbocycles. The molecule has 0 aliphatic carbocycles. The van der Waals surface area contributed by atoms with Crippen LogP contribution in [0, 0.1) is 11.6 Å². The molecule has 3 rings (SSSR count). The van der Waals surface area contributed by atoms with Crippen molar-refractivity contribution in [1.82, 2.24) is 10.2 Å². The van der Waals surface area contributed by atoms with Crippen molar-refractivity contribution in [2.24, 2.45) is 0 Å². The minimum atomic E-state index is -0.874. The summed E-state index contributed by atoms with van der Waals surface area (Å²) in [6.07, 6.45) is 1.63. The lowest BCUT2D eigenvalue weighted by molar-refractivity contribution is -0.131. The van der Waals surface area contributed by atoms with Gasteiger partial charge in [-0.25, -0.2) is 8.78 Å². The number of nitrogens with zero attached hydrogens (tertiary/aromatic N) is 1. The Balaban J connectivity index is 1.50. The molecule has 25 heavy (non-hydrogen) atoms. The second-order valence-corrected chi connectivity index (χ2v) is 7.04. The number of nitrogens with one attached hydrogen (secondary N) is 1. The lowest BCUT2D eigenvalue weighted by Gasteiger charge is -2.32. The summed E-state index contributed by atoms with van der Waals surface area (Å²) in [5.74, 6) is -2.06. The first-order chi connectivity index (χ1) is 12.0. The summed E-state index contributed by atoms with van der Waals surface area (Å²) in [4.78, 5) is 27.2. The number of amides is 2. The summed E-state index contributed by atoms with van der Waals surface area (Å²) in [5, 5.41) is 4.71. The van der Waals surface area contributed by atoms with E-state index in [1.165, 1.54) is 0 Å². The summed E-state index contributed by atoms with van der Waals surface area (Å²) < 4.78 is 26.6. The average molecular weight is 364 g/mol. The second-order valence-electron chi connectivity index (χ2n) is 6.01. The fourth-order valence-corrected chi connectivity index (χ4v) is 3.58. The fraction of sp³-hybridized carbons (Fsp3) is 0.333. The van der Waals surface area contributed by atoms with E-state index in [2.05, 4.69) is 5.32 Å². The Hall–Kier alpha value is -2.28. The van der Waals surface area contributed by atoms with Crippen LogP contribution in [0.2, 0.25) is 0 Å². The molecule has 1 aliphatic heterocycles. The molecule has 1 fully saturated rings. The van der Waals surface area contributed by atoms with Gasteiger partial charge in [-0.05, 0) is 36.4 Å². The fourth-order valence-electron chi connectivity index (χ4n) is 2.88. The number of hydrogen-bond donors (Lipinski definition) is 1.